The number of benzene rings is 2. The molecular weight excluding hydrogens is 261 g/mol. The molecule has 0 unspecified atom stereocenters. The molecule has 0 aliphatic rings. The fourth-order valence-corrected chi connectivity index (χ4v) is 1.72. The number of halogens is 1. The molecule has 20 heavy (non-hydrogen) atoms. The summed E-state index contributed by atoms with van der Waals surface area (Å²) in [6.45, 7) is 0. The van der Waals surface area contributed by atoms with Crippen molar-refractivity contribution >= 4 is 11.6 Å². The molecule has 104 valence electrons. The summed E-state index contributed by atoms with van der Waals surface area (Å²) in [4.78, 5) is 11.8. The Morgan fingerprint density at radius 3 is 2.55 bits per heavy atom. The van der Waals surface area contributed by atoms with Crippen LogP contribution < -0.4 is 10.1 Å². The van der Waals surface area contributed by atoms with Gasteiger partial charge in [-0.05, 0) is 29.8 Å². The third-order valence-electron chi connectivity index (χ3n) is 2.76. The van der Waals surface area contributed by atoms with Crippen molar-refractivity contribution in [3.8, 4) is 11.5 Å². The standard InChI is InChI=1S/C15H14FNO3/c1-20-12-5-2-10(3-6-12)8-15(19)17-11-4-7-14(18)13(16)9-11/h2-7,9,18H,8H2,1H3,(H,17,19). The van der Waals surface area contributed by atoms with Crippen molar-refractivity contribution in [3.05, 3.63) is 53.8 Å². The molecule has 0 heterocycles. The van der Waals surface area contributed by atoms with Crippen LogP contribution in [-0.2, 0) is 11.2 Å². The van der Waals surface area contributed by atoms with Crippen LogP contribution in [0, 0.1) is 5.82 Å². The number of nitrogens with one attached hydrogen (secondary N) is 1. The Bertz CT molecular complexity index is 611. The lowest BCUT2D eigenvalue weighted by atomic mass is 10.1. The van der Waals surface area contributed by atoms with Gasteiger partial charge in [0.1, 0.15) is 5.75 Å². The van der Waals surface area contributed by atoms with Gasteiger partial charge in [0, 0.05) is 11.8 Å². The molecule has 2 aromatic carbocycles. The van der Waals surface area contributed by atoms with Crippen LogP contribution in [0.5, 0.6) is 11.5 Å². The second-order valence-corrected chi connectivity index (χ2v) is 4.24. The highest BCUT2D eigenvalue weighted by Gasteiger charge is 2.07. The summed E-state index contributed by atoms with van der Waals surface area (Å²) < 4.78 is 18.2. The summed E-state index contributed by atoms with van der Waals surface area (Å²) >= 11 is 0. The van der Waals surface area contributed by atoms with Gasteiger partial charge < -0.3 is 15.2 Å². The largest absolute Gasteiger partial charge is 0.505 e. The molecule has 0 bridgehead atoms. The SMILES string of the molecule is COc1ccc(CC(=O)Nc2ccc(O)c(F)c2)cc1. The fraction of sp³-hybridized carbons (Fsp3) is 0.133. The number of hydrogen-bond donors (Lipinski definition) is 2. The van der Waals surface area contributed by atoms with Crippen LogP contribution in [0.25, 0.3) is 0 Å². The molecule has 2 N–H and O–H groups in total. The number of rotatable bonds is 4. The van der Waals surface area contributed by atoms with E-state index in [2.05, 4.69) is 5.32 Å². The lowest BCUT2D eigenvalue weighted by Crippen LogP contribution is -2.14. The number of ether oxygens (including phenoxy) is 1. The minimum Gasteiger partial charge on any atom is -0.505 e. The van der Waals surface area contributed by atoms with Gasteiger partial charge in [-0.1, -0.05) is 12.1 Å². The third kappa shape index (κ3) is 3.47. The molecule has 0 aliphatic heterocycles. The van der Waals surface area contributed by atoms with E-state index in [0.29, 0.717) is 5.69 Å². The predicted molar refractivity (Wildman–Crippen MR) is 73.4 cm³/mol. The Labute approximate surface area is 115 Å². The quantitative estimate of drug-likeness (QED) is 0.843. The van der Waals surface area contributed by atoms with E-state index in [1.807, 2.05) is 0 Å². The van der Waals surface area contributed by atoms with Crippen molar-refractivity contribution in [2.24, 2.45) is 0 Å². The predicted octanol–water partition coefficient (Wildman–Crippen LogP) is 2.72. The second kappa shape index (κ2) is 6.06. The summed E-state index contributed by atoms with van der Waals surface area (Å²) in [5, 5.41) is 11.6. The lowest BCUT2D eigenvalue weighted by molar-refractivity contribution is -0.115. The minimum absolute atomic E-state index is 0.173. The molecule has 0 fully saturated rings. The number of anilines is 1. The zero-order chi connectivity index (χ0) is 14.5. The average molecular weight is 275 g/mol. The van der Waals surface area contributed by atoms with Gasteiger partial charge in [0.25, 0.3) is 0 Å². The van der Waals surface area contributed by atoms with Gasteiger partial charge in [-0.15, -0.1) is 0 Å². The maximum absolute atomic E-state index is 13.1. The Balaban J connectivity index is 1.99. The van der Waals surface area contributed by atoms with E-state index in [0.717, 1.165) is 17.4 Å². The number of phenolic OH excluding ortho intramolecular Hbond substituents is 1. The molecule has 0 saturated heterocycles. The maximum Gasteiger partial charge on any atom is 0.228 e. The molecule has 2 rings (SSSR count). The van der Waals surface area contributed by atoms with E-state index in [1.165, 1.54) is 12.1 Å². The fourth-order valence-electron chi connectivity index (χ4n) is 1.72. The number of aromatic hydroxyl groups is 1. The topological polar surface area (TPSA) is 58.6 Å². The zero-order valence-electron chi connectivity index (χ0n) is 10.9. The Morgan fingerprint density at radius 2 is 1.95 bits per heavy atom. The van der Waals surface area contributed by atoms with Crippen LogP contribution in [0.3, 0.4) is 0 Å². The molecule has 5 heteroatoms. The first-order valence-electron chi connectivity index (χ1n) is 6.00. The van der Waals surface area contributed by atoms with Crippen molar-refractivity contribution in [3.63, 3.8) is 0 Å². The van der Waals surface area contributed by atoms with Crippen molar-refractivity contribution in [2.75, 3.05) is 12.4 Å². The minimum atomic E-state index is -0.771. The highest BCUT2D eigenvalue weighted by molar-refractivity contribution is 5.92. The summed E-state index contributed by atoms with van der Waals surface area (Å²) in [6, 6.07) is 10.8. The maximum atomic E-state index is 13.1. The van der Waals surface area contributed by atoms with Crippen molar-refractivity contribution in [1.82, 2.24) is 0 Å². The van der Waals surface area contributed by atoms with Gasteiger partial charge in [0.2, 0.25) is 5.91 Å². The molecular formula is C15H14FNO3. The lowest BCUT2D eigenvalue weighted by Gasteiger charge is -2.06. The van der Waals surface area contributed by atoms with Crippen LogP contribution >= 0.6 is 0 Å². The van der Waals surface area contributed by atoms with Gasteiger partial charge in [-0.3, -0.25) is 4.79 Å². The summed E-state index contributed by atoms with van der Waals surface area (Å²) in [5.74, 6) is -0.763. The Kier molecular flexibility index (Phi) is 4.20. The van der Waals surface area contributed by atoms with Crippen LogP contribution in [0.2, 0.25) is 0 Å². The van der Waals surface area contributed by atoms with Crippen LogP contribution in [0.15, 0.2) is 42.5 Å². The first-order chi connectivity index (χ1) is 9.58. The molecule has 0 saturated carbocycles. The molecule has 0 aliphatic carbocycles. The van der Waals surface area contributed by atoms with Gasteiger partial charge in [-0.2, -0.15) is 0 Å². The summed E-state index contributed by atoms with van der Waals surface area (Å²) in [7, 11) is 1.57. The normalized spacial score (nSPS) is 10.1. The van der Waals surface area contributed by atoms with E-state index in [4.69, 9.17) is 9.84 Å². The number of hydrogen-bond acceptors (Lipinski definition) is 3. The number of phenols is 1. The van der Waals surface area contributed by atoms with E-state index < -0.39 is 11.6 Å². The number of amides is 1. The highest BCUT2D eigenvalue weighted by atomic mass is 19.1. The zero-order valence-corrected chi connectivity index (χ0v) is 10.9. The van der Waals surface area contributed by atoms with E-state index >= 15 is 0 Å². The summed E-state index contributed by atoms with van der Waals surface area (Å²) in [5.41, 5.74) is 1.13. The van der Waals surface area contributed by atoms with Crippen LogP contribution in [-0.4, -0.2) is 18.1 Å². The molecule has 1 amide bonds. The Hall–Kier alpha value is -2.56. The smallest absolute Gasteiger partial charge is 0.228 e. The highest BCUT2D eigenvalue weighted by Crippen LogP contribution is 2.19. The molecule has 0 atom stereocenters. The molecule has 4 nitrogen and oxygen atoms in total. The molecule has 0 aromatic heterocycles. The van der Waals surface area contributed by atoms with E-state index in [9.17, 15) is 9.18 Å². The van der Waals surface area contributed by atoms with Gasteiger partial charge in [0.15, 0.2) is 11.6 Å². The number of methoxy groups -OCH3 is 1. The number of carbonyl (C=O) groups excluding carboxylic acids is 1. The number of carbonyl (C=O) groups is 1. The third-order valence-corrected chi connectivity index (χ3v) is 2.76. The van der Waals surface area contributed by atoms with Crippen molar-refractivity contribution in [1.29, 1.82) is 0 Å². The van der Waals surface area contributed by atoms with Crippen molar-refractivity contribution < 1.29 is 19.0 Å². The van der Waals surface area contributed by atoms with Crippen LogP contribution in [0.1, 0.15) is 5.56 Å². The van der Waals surface area contributed by atoms with Gasteiger partial charge >= 0.3 is 0 Å². The first kappa shape index (κ1) is 13.9. The average Bonchev–Trinajstić information content (AvgIpc) is 2.44. The van der Waals surface area contributed by atoms with Crippen LogP contribution in [0.4, 0.5) is 10.1 Å². The molecule has 0 spiro atoms. The van der Waals surface area contributed by atoms with Gasteiger partial charge in [0.05, 0.1) is 13.5 Å². The van der Waals surface area contributed by atoms with Gasteiger partial charge in [-0.25, -0.2) is 4.39 Å². The monoisotopic (exact) mass is 275 g/mol. The van der Waals surface area contributed by atoms with E-state index in [-0.39, 0.29) is 12.3 Å². The van der Waals surface area contributed by atoms with E-state index in [1.54, 1.807) is 31.4 Å². The summed E-state index contributed by atoms with van der Waals surface area (Å²) in [6.07, 6.45) is 0.173. The second-order valence-electron chi connectivity index (χ2n) is 4.24. The first-order valence-corrected chi connectivity index (χ1v) is 6.00. The molecule has 2 aromatic rings. The molecule has 0 radical (unpaired) electrons. The Morgan fingerprint density at radius 1 is 1.25 bits per heavy atom. The van der Waals surface area contributed by atoms with Crippen molar-refractivity contribution in [2.45, 2.75) is 6.42 Å².